The van der Waals surface area contributed by atoms with Crippen molar-refractivity contribution in [3.8, 4) is 17.2 Å². The van der Waals surface area contributed by atoms with Crippen LogP contribution in [0.4, 0.5) is 0 Å². The van der Waals surface area contributed by atoms with Crippen LogP contribution < -0.4 is 24.5 Å². The molecular weight excluding hydrogens is 709 g/mol. The van der Waals surface area contributed by atoms with Crippen LogP contribution in [0.25, 0.3) is 0 Å². The minimum absolute atomic E-state index is 0. The Morgan fingerprint density at radius 2 is 1.60 bits per heavy atom. The second kappa shape index (κ2) is 17.9. The maximum Gasteiger partial charge on any atom is 0.338 e. The SMILES string of the molecule is COc1ccc([C@H](Cc2c(Cl)c[nH+]cc2Cl)OC(=O)c2cccc(CNC(C(=O)O[C@H]3CN4CCC3CC4)c3ccccc3OC)c2)cc1OC.[OH-]. The number of carbonyl (C=O) groups excluding carboxylic acids is 2. The molecule has 13 heteroatoms. The molecule has 3 atom stereocenters. The first-order chi connectivity index (χ1) is 24.8. The summed E-state index contributed by atoms with van der Waals surface area (Å²) in [6.07, 6.45) is 4.60. The van der Waals surface area contributed by atoms with Gasteiger partial charge in [-0.05, 0) is 73.3 Å². The standard InChI is InChI=1S/C39H41Cl2N3O7.H2O/c1-47-32-10-5-4-9-28(32)37(39(46)51-36-23-44-15-13-25(36)14-16-44)43-20-24-7-6-8-27(17-24)38(45)50-34(19-29-30(40)21-42-22-31(29)41)26-11-12-33(48-2)35(18-26)49-3;/h4-12,17-18,21-22,25,34,36-37,43H,13-16,19-20,23H2,1-3H3;1H2/t34-,36-,37?;/m0./s1. The number of halogens is 2. The summed E-state index contributed by atoms with van der Waals surface area (Å²) >= 11 is 13.0. The molecule has 3 N–H and O–H groups in total. The number of benzene rings is 3. The molecule has 52 heavy (non-hydrogen) atoms. The van der Waals surface area contributed by atoms with Crippen LogP contribution in [0.5, 0.6) is 17.2 Å². The predicted octanol–water partition coefficient (Wildman–Crippen LogP) is 6.27. The fraction of sp³-hybridized carbons (Fsp3) is 0.359. The molecule has 11 nitrogen and oxygen atoms in total. The van der Waals surface area contributed by atoms with Gasteiger partial charge in [-0.25, -0.2) is 14.6 Å². The van der Waals surface area contributed by atoms with E-state index in [4.69, 9.17) is 46.9 Å². The second-order valence-electron chi connectivity index (χ2n) is 12.7. The number of ether oxygens (including phenoxy) is 5. The lowest BCUT2D eigenvalue weighted by atomic mass is 9.86. The van der Waals surface area contributed by atoms with Crippen molar-refractivity contribution in [2.45, 2.75) is 44.1 Å². The summed E-state index contributed by atoms with van der Waals surface area (Å²) in [5, 5.41) is 4.21. The number of aromatic amines is 1. The molecule has 0 radical (unpaired) electrons. The van der Waals surface area contributed by atoms with E-state index in [1.807, 2.05) is 36.4 Å². The predicted molar refractivity (Wildman–Crippen MR) is 194 cm³/mol. The summed E-state index contributed by atoms with van der Waals surface area (Å²) in [6, 6.07) is 19.0. The van der Waals surface area contributed by atoms with Crippen LogP contribution in [-0.4, -0.2) is 69.4 Å². The Morgan fingerprint density at radius 1 is 0.885 bits per heavy atom. The van der Waals surface area contributed by atoms with Crippen molar-refractivity contribution in [1.29, 1.82) is 0 Å². The summed E-state index contributed by atoms with van der Waals surface area (Å²) in [5.74, 6) is 1.07. The van der Waals surface area contributed by atoms with E-state index in [0.29, 0.717) is 55.5 Å². The molecule has 2 bridgehead atoms. The monoisotopic (exact) mass is 751 g/mol. The van der Waals surface area contributed by atoms with Crippen molar-refractivity contribution < 1.29 is 43.7 Å². The van der Waals surface area contributed by atoms with Crippen molar-refractivity contribution >= 4 is 35.1 Å². The number of piperidine rings is 3. The molecule has 3 aliphatic rings. The number of hydrogen-bond donors (Lipinski definition) is 1. The van der Waals surface area contributed by atoms with E-state index in [2.05, 4.69) is 15.2 Å². The fourth-order valence-corrected chi connectivity index (χ4v) is 7.38. The van der Waals surface area contributed by atoms with Gasteiger partial charge in [0.05, 0.1) is 26.9 Å². The first kappa shape index (κ1) is 38.8. The lowest BCUT2D eigenvalue weighted by Crippen LogP contribution is -2.52. The average molecular weight is 753 g/mol. The third-order valence-electron chi connectivity index (χ3n) is 9.64. The normalized spacial score (nSPS) is 18.8. The smallest absolute Gasteiger partial charge is 0.338 e. The Morgan fingerprint density at radius 3 is 2.27 bits per heavy atom. The summed E-state index contributed by atoms with van der Waals surface area (Å²) < 4.78 is 28.9. The number of para-hydroxylation sites is 1. The molecule has 1 unspecified atom stereocenters. The summed E-state index contributed by atoms with van der Waals surface area (Å²) in [7, 11) is 4.67. The number of nitrogens with zero attached hydrogens (tertiary/aromatic N) is 1. The van der Waals surface area contributed by atoms with Gasteiger partial charge < -0.3 is 29.2 Å². The molecule has 0 amide bonds. The molecule has 7 rings (SSSR count). The molecular formula is C39H43Cl2N3O8. The lowest BCUT2D eigenvalue weighted by Gasteiger charge is -2.44. The Hall–Kier alpha value is -4.39. The van der Waals surface area contributed by atoms with Gasteiger partial charge in [-0.1, -0.05) is 59.6 Å². The molecule has 0 aliphatic carbocycles. The number of pyridine rings is 1. The van der Waals surface area contributed by atoms with Crippen molar-refractivity contribution in [3.63, 3.8) is 0 Å². The highest BCUT2D eigenvalue weighted by Gasteiger charge is 2.38. The lowest BCUT2D eigenvalue weighted by molar-refractivity contribution is -0.377. The van der Waals surface area contributed by atoms with Crippen molar-refractivity contribution in [3.05, 3.63) is 117 Å². The van der Waals surface area contributed by atoms with Crippen LogP contribution in [0.15, 0.2) is 79.1 Å². The van der Waals surface area contributed by atoms with Crippen LogP contribution in [0.2, 0.25) is 10.0 Å². The molecule has 4 aromatic rings. The van der Waals surface area contributed by atoms with Gasteiger partial charge in [0, 0.05) is 30.6 Å². The van der Waals surface area contributed by atoms with Gasteiger partial charge in [0.1, 0.15) is 34.0 Å². The number of hydrogen-bond acceptors (Lipinski definition) is 10. The Labute approximate surface area is 313 Å². The van der Waals surface area contributed by atoms with E-state index >= 15 is 0 Å². The molecule has 3 aliphatic heterocycles. The van der Waals surface area contributed by atoms with E-state index in [-0.39, 0.29) is 30.5 Å². The molecule has 0 saturated carbocycles. The van der Waals surface area contributed by atoms with Crippen LogP contribution >= 0.6 is 23.2 Å². The zero-order chi connectivity index (χ0) is 35.9. The number of H-pyrrole nitrogens is 1. The maximum absolute atomic E-state index is 13.8. The van der Waals surface area contributed by atoms with E-state index in [1.165, 1.54) is 0 Å². The quantitative estimate of drug-likeness (QED) is 0.147. The largest absolute Gasteiger partial charge is 0.870 e. The summed E-state index contributed by atoms with van der Waals surface area (Å²) in [4.78, 5) is 32.9. The first-order valence-electron chi connectivity index (χ1n) is 16.9. The summed E-state index contributed by atoms with van der Waals surface area (Å²) in [5.41, 5.74) is 3.07. The maximum atomic E-state index is 13.8. The van der Waals surface area contributed by atoms with Gasteiger partial charge in [0.15, 0.2) is 23.9 Å². The van der Waals surface area contributed by atoms with Gasteiger partial charge in [0.2, 0.25) is 0 Å². The van der Waals surface area contributed by atoms with Gasteiger partial charge in [-0.15, -0.1) is 0 Å². The number of aromatic nitrogens is 1. The van der Waals surface area contributed by atoms with Crippen LogP contribution in [0.1, 0.15) is 57.6 Å². The molecule has 4 heterocycles. The molecule has 3 saturated heterocycles. The average Bonchev–Trinajstić information content (AvgIpc) is 3.16. The van der Waals surface area contributed by atoms with Crippen LogP contribution in [0, 0.1) is 5.92 Å². The van der Waals surface area contributed by atoms with E-state index in [1.54, 1.807) is 64.1 Å². The number of esters is 2. The topological polar surface area (TPSA) is 140 Å². The Bertz CT molecular complexity index is 1830. The zero-order valence-electron chi connectivity index (χ0n) is 29.3. The molecule has 3 aromatic carbocycles. The number of rotatable bonds is 14. The van der Waals surface area contributed by atoms with Crippen LogP contribution in [-0.2, 0) is 27.2 Å². The third kappa shape index (κ3) is 8.97. The molecule has 1 aromatic heterocycles. The van der Waals surface area contributed by atoms with Gasteiger partial charge >= 0.3 is 11.9 Å². The van der Waals surface area contributed by atoms with E-state index in [9.17, 15) is 9.59 Å². The minimum atomic E-state index is -0.792. The third-order valence-corrected chi connectivity index (χ3v) is 10.3. The Balaban J connectivity index is 0.00000523. The highest BCUT2D eigenvalue weighted by molar-refractivity contribution is 6.35. The Kier molecular flexibility index (Phi) is 13.4. The van der Waals surface area contributed by atoms with Gasteiger partial charge in [-0.3, -0.25) is 10.2 Å². The molecule has 3 fully saturated rings. The second-order valence-corrected chi connectivity index (χ2v) is 13.5. The molecule has 276 valence electrons. The highest BCUT2D eigenvalue weighted by Crippen LogP contribution is 2.36. The summed E-state index contributed by atoms with van der Waals surface area (Å²) in [6.45, 7) is 3.12. The first-order valence-corrected chi connectivity index (χ1v) is 17.7. The van der Waals surface area contributed by atoms with E-state index < -0.39 is 18.1 Å². The number of carbonyl (C=O) groups is 2. The highest BCUT2D eigenvalue weighted by atomic mass is 35.5. The fourth-order valence-electron chi connectivity index (χ4n) is 6.85. The van der Waals surface area contributed by atoms with Crippen LogP contribution in [0.3, 0.4) is 0 Å². The van der Waals surface area contributed by atoms with Gasteiger partial charge in [0.25, 0.3) is 0 Å². The van der Waals surface area contributed by atoms with E-state index in [0.717, 1.165) is 38.0 Å². The number of methoxy groups -OCH3 is 3. The number of fused-ring (bicyclic) bond motifs is 3. The number of nitrogens with one attached hydrogen (secondary N) is 2. The van der Waals surface area contributed by atoms with Crippen molar-refractivity contribution in [1.82, 2.24) is 10.2 Å². The zero-order valence-corrected chi connectivity index (χ0v) is 30.8. The van der Waals surface area contributed by atoms with Gasteiger partial charge in [-0.2, -0.15) is 0 Å². The van der Waals surface area contributed by atoms with Crippen molar-refractivity contribution in [2.24, 2.45) is 5.92 Å². The minimum Gasteiger partial charge on any atom is -0.870 e. The molecule has 0 spiro atoms. The van der Waals surface area contributed by atoms with Crippen molar-refractivity contribution in [2.75, 3.05) is 41.0 Å².